The zero-order valence-electron chi connectivity index (χ0n) is 20.9. The van der Waals surface area contributed by atoms with Gasteiger partial charge in [0, 0.05) is 16.8 Å². The van der Waals surface area contributed by atoms with E-state index < -0.39 is 6.04 Å². The van der Waals surface area contributed by atoms with Crippen LogP contribution in [0.2, 0.25) is 0 Å². The highest BCUT2D eigenvalue weighted by Gasteiger charge is 2.18. The van der Waals surface area contributed by atoms with Crippen LogP contribution in [0.15, 0.2) is 43.0 Å². The third-order valence-electron chi connectivity index (χ3n) is 5.39. The van der Waals surface area contributed by atoms with Gasteiger partial charge in [-0.1, -0.05) is 43.9 Å². The van der Waals surface area contributed by atoms with Gasteiger partial charge in [0.1, 0.15) is 6.29 Å². The summed E-state index contributed by atoms with van der Waals surface area (Å²) in [4.78, 5) is 28.8. The number of aldehydes is 1. The maximum atomic E-state index is 12.8. The van der Waals surface area contributed by atoms with E-state index in [1.165, 1.54) is 7.05 Å². The fourth-order valence-electron chi connectivity index (χ4n) is 3.39. The Balaban J connectivity index is 0.00000298. The molecule has 2 rings (SSSR count). The zero-order valence-corrected chi connectivity index (χ0v) is 20.9. The van der Waals surface area contributed by atoms with E-state index in [0.717, 1.165) is 22.4 Å². The van der Waals surface area contributed by atoms with E-state index in [0.29, 0.717) is 23.4 Å². The van der Waals surface area contributed by atoms with Crippen LogP contribution in [0.4, 0.5) is 5.69 Å². The first-order chi connectivity index (χ1) is 16.9. The summed E-state index contributed by atoms with van der Waals surface area (Å²) < 4.78 is 0. The molecule has 8 nitrogen and oxygen atoms in total. The molecule has 0 bridgehead atoms. The van der Waals surface area contributed by atoms with E-state index in [4.69, 9.17) is 16.0 Å². The molecule has 1 heterocycles. The number of carbonyl (C=O) groups is 2. The van der Waals surface area contributed by atoms with Crippen molar-refractivity contribution in [3.8, 4) is 6.07 Å². The predicted molar refractivity (Wildman–Crippen MR) is 142 cm³/mol. The van der Waals surface area contributed by atoms with E-state index in [9.17, 15) is 9.59 Å². The van der Waals surface area contributed by atoms with Gasteiger partial charge in [0.15, 0.2) is 0 Å². The van der Waals surface area contributed by atoms with Gasteiger partial charge in [-0.15, -0.1) is 0 Å². The van der Waals surface area contributed by atoms with Gasteiger partial charge in [-0.25, -0.2) is 4.98 Å². The Hall–Kier alpha value is -3.80. The Kier molecular flexibility index (Phi) is 12.7. The number of pyridine rings is 1. The number of nitrogens with zero attached hydrogens (tertiary/aromatic N) is 2. The van der Waals surface area contributed by atoms with Crippen LogP contribution in [0.3, 0.4) is 0 Å². The average Bonchev–Trinajstić information content (AvgIpc) is 2.91. The molecule has 2 unspecified atom stereocenters. The Morgan fingerprint density at radius 2 is 2.03 bits per heavy atom. The molecular formula is C27H36N6O2. The number of anilines is 1. The van der Waals surface area contributed by atoms with Crippen LogP contribution in [0.25, 0.3) is 12.2 Å². The van der Waals surface area contributed by atoms with Crippen molar-refractivity contribution >= 4 is 30.0 Å². The lowest BCUT2D eigenvalue weighted by Crippen LogP contribution is -2.42. The molecule has 0 saturated carbocycles. The number of benzene rings is 1. The summed E-state index contributed by atoms with van der Waals surface area (Å²) in [7, 11) is 1.50. The Morgan fingerprint density at radius 3 is 2.60 bits per heavy atom. The SMILES string of the molecule is C=C/C=c1/cc(N[C@@H](CC)C(N)C=O)c(CNC(=O)c2cccc(C(C)C#N)c2)n/c1=C/C.CN. The molecular weight excluding hydrogens is 440 g/mol. The maximum Gasteiger partial charge on any atom is 0.251 e. The van der Waals surface area contributed by atoms with Gasteiger partial charge in [-0.05, 0) is 51.1 Å². The highest BCUT2D eigenvalue weighted by Crippen LogP contribution is 2.16. The molecule has 3 atom stereocenters. The highest BCUT2D eigenvalue weighted by atomic mass is 16.1. The molecule has 6 N–H and O–H groups in total. The van der Waals surface area contributed by atoms with Crippen molar-refractivity contribution in [3.05, 3.63) is 70.4 Å². The normalized spacial score (nSPS) is 14.0. The maximum absolute atomic E-state index is 12.8. The van der Waals surface area contributed by atoms with Crippen molar-refractivity contribution in [2.45, 2.75) is 51.7 Å². The van der Waals surface area contributed by atoms with Gasteiger partial charge in [-0.3, -0.25) is 4.79 Å². The Morgan fingerprint density at radius 1 is 1.31 bits per heavy atom. The fraction of sp³-hybridized carbons (Fsp3) is 0.333. The summed E-state index contributed by atoms with van der Waals surface area (Å²) in [6.45, 7) is 9.54. The molecule has 1 aromatic heterocycles. The first kappa shape index (κ1) is 29.2. The molecule has 0 aliphatic rings. The van der Waals surface area contributed by atoms with Gasteiger partial charge in [-0.2, -0.15) is 5.26 Å². The summed E-state index contributed by atoms with van der Waals surface area (Å²) in [6.07, 6.45) is 6.76. The summed E-state index contributed by atoms with van der Waals surface area (Å²) in [5.41, 5.74) is 13.0. The molecule has 0 aliphatic carbocycles. The predicted octanol–water partition coefficient (Wildman–Crippen LogP) is 1.70. The van der Waals surface area contributed by atoms with Gasteiger partial charge in [0.2, 0.25) is 0 Å². The van der Waals surface area contributed by atoms with E-state index >= 15 is 0 Å². The Labute approximate surface area is 207 Å². The van der Waals surface area contributed by atoms with Crippen LogP contribution in [0, 0.1) is 11.3 Å². The second-order valence-corrected chi connectivity index (χ2v) is 7.68. The first-order valence-electron chi connectivity index (χ1n) is 11.5. The van der Waals surface area contributed by atoms with Gasteiger partial charge in [0.05, 0.1) is 41.3 Å². The number of nitrogens with two attached hydrogens (primary N) is 2. The highest BCUT2D eigenvalue weighted by molar-refractivity contribution is 5.94. The molecule has 0 aliphatic heterocycles. The number of carbonyl (C=O) groups excluding carboxylic acids is 2. The van der Waals surface area contributed by atoms with Crippen molar-refractivity contribution in [3.63, 3.8) is 0 Å². The second kappa shape index (κ2) is 15.2. The minimum Gasteiger partial charge on any atom is -0.379 e. The number of aromatic nitrogens is 1. The summed E-state index contributed by atoms with van der Waals surface area (Å²) in [5.74, 6) is -0.574. The van der Waals surface area contributed by atoms with E-state index in [2.05, 4.69) is 29.0 Å². The lowest BCUT2D eigenvalue weighted by molar-refractivity contribution is -0.109. The van der Waals surface area contributed by atoms with Crippen LogP contribution in [-0.2, 0) is 11.3 Å². The zero-order chi connectivity index (χ0) is 26.4. The van der Waals surface area contributed by atoms with Gasteiger partial charge < -0.3 is 26.9 Å². The van der Waals surface area contributed by atoms with Crippen molar-refractivity contribution in [1.29, 1.82) is 5.26 Å². The van der Waals surface area contributed by atoms with Crippen LogP contribution in [0.1, 0.15) is 54.7 Å². The number of nitriles is 1. The molecule has 1 amide bonds. The third-order valence-corrected chi connectivity index (χ3v) is 5.39. The summed E-state index contributed by atoms with van der Waals surface area (Å²) in [6, 6.07) is 10.2. The van der Waals surface area contributed by atoms with Gasteiger partial charge >= 0.3 is 0 Å². The van der Waals surface area contributed by atoms with Crippen molar-refractivity contribution in [2.75, 3.05) is 12.4 Å². The molecule has 35 heavy (non-hydrogen) atoms. The van der Waals surface area contributed by atoms with E-state index in [1.54, 1.807) is 31.2 Å². The van der Waals surface area contributed by atoms with Crippen molar-refractivity contribution in [1.82, 2.24) is 10.3 Å². The smallest absolute Gasteiger partial charge is 0.251 e. The molecule has 2 aromatic rings. The van der Waals surface area contributed by atoms with Gasteiger partial charge in [0.25, 0.3) is 5.91 Å². The van der Waals surface area contributed by atoms with Crippen LogP contribution in [0.5, 0.6) is 0 Å². The lowest BCUT2D eigenvalue weighted by Gasteiger charge is -2.22. The molecule has 0 spiro atoms. The molecule has 8 heteroatoms. The van der Waals surface area contributed by atoms with E-state index in [-0.39, 0.29) is 24.4 Å². The topological polar surface area (TPSA) is 147 Å². The van der Waals surface area contributed by atoms with Crippen LogP contribution in [-0.4, -0.2) is 36.3 Å². The number of amides is 1. The van der Waals surface area contributed by atoms with Crippen molar-refractivity contribution in [2.24, 2.45) is 11.5 Å². The van der Waals surface area contributed by atoms with E-state index in [1.807, 2.05) is 38.1 Å². The quantitative estimate of drug-likeness (QED) is 0.382. The van der Waals surface area contributed by atoms with Crippen LogP contribution >= 0.6 is 0 Å². The third kappa shape index (κ3) is 8.18. The Bertz CT molecular complexity index is 1170. The second-order valence-electron chi connectivity index (χ2n) is 7.68. The standard InChI is InChI=1S/C26H31N5O2.CH5N/c1-5-9-19-13-24(31-23(7-3)21(28)16-32)25(30-22(19)6-2)15-29-26(33)20-11-8-10-18(12-20)17(4)14-27;1-2/h5-6,8-13,16-17,21,23,31H,1,7,15,28H2,2-4H3,(H,29,33);2H2,1H3/b19-9-,22-6+;/t17?,21?,23-;/m0./s1. The van der Waals surface area contributed by atoms with Crippen molar-refractivity contribution < 1.29 is 9.59 Å². The minimum atomic E-state index is -0.674. The number of allylic oxidation sites excluding steroid dienone is 1. The summed E-state index contributed by atoms with van der Waals surface area (Å²) >= 11 is 0. The van der Waals surface area contributed by atoms with Crippen LogP contribution < -0.4 is 32.7 Å². The minimum absolute atomic E-state index is 0.168. The average molecular weight is 477 g/mol. The number of hydrogen-bond donors (Lipinski definition) is 4. The lowest BCUT2D eigenvalue weighted by atomic mass is 10.0. The molecule has 0 fully saturated rings. The molecule has 1 aromatic carbocycles. The molecule has 0 saturated heterocycles. The molecule has 0 radical (unpaired) electrons. The number of nitrogens with one attached hydrogen (secondary N) is 2. The largest absolute Gasteiger partial charge is 0.379 e. The first-order valence-corrected chi connectivity index (χ1v) is 11.5. The fourth-order valence-corrected chi connectivity index (χ4v) is 3.39. The number of hydrogen-bond acceptors (Lipinski definition) is 7. The number of rotatable bonds is 10. The molecule has 186 valence electrons. The monoisotopic (exact) mass is 476 g/mol. The summed E-state index contributed by atoms with van der Waals surface area (Å²) in [5, 5.41) is 17.0.